The summed E-state index contributed by atoms with van der Waals surface area (Å²) in [5.74, 6) is -0.756. The number of fused-ring (bicyclic) bond motifs is 1. The van der Waals surface area contributed by atoms with Crippen LogP contribution in [-0.2, 0) is 16.0 Å². The number of aliphatic carboxylic acids is 1. The zero-order valence-corrected chi connectivity index (χ0v) is 15.4. The largest absolute Gasteiger partial charge is 0.611 e. The summed E-state index contributed by atoms with van der Waals surface area (Å²) in [4.78, 5) is 12.0. The molecular weight excluding hydrogens is 351 g/mol. The highest BCUT2D eigenvalue weighted by molar-refractivity contribution is 7.91. The average Bonchev–Trinajstić information content (AvgIpc) is 2.86. The van der Waals surface area contributed by atoms with Crippen LogP contribution in [0.1, 0.15) is 37.0 Å². The molecule has 26 heavy (non-hydrogen) atoms. The molecule has 0 amide bonds. The van der Waals surface area contributed by atoms with E-state index in [0.29, 0.717) is 16.9 Å². The molecule has 0 saturated heterocycles. The van der Waals surface area contributed by atoms with Crippen LogP contribution in [0.3, 0.4) is 0 Å². The fourth-order valence-corrected chi connectivity index (χ4v) is 3.95. The van der Waals surface area contributed by atoms with Crippen molar-refractivity contribution in [3.8, 4) is 0 Å². The van der Waals surface area contributed by atoms with Crippen molar-refractivity contribution in [1.82, 2.24) is 0 Å². The predicted molar refractivity (Wildman–Crippen MR) is 103 cm³/mol. The molecule has 134 valence electrons. The standard InChI is InChI=1S/C21H19FO3S/c1-3-26(25)16-7-4-14(5-8-16)10-18-13(2)19(12-21(23)24)20-11-15(22)6-9-17(18)20/h4-11H,3,12H2,1-2H3,(H,23,24)/b18-10-. The molecule has 3 nitrogen and oxygen atoms in total. The molecule has 0 fully saturated rings. The van der Waals surface area contributed by atoms with Gasteiger partial charge in [-0.3, -0.25) is 4.79 Å². The van der Waals surface area contributed by atoms with Crippen LogP contribution in [0.15, 0.2) is 52.9 Å². The van der Waals surface area contributed by atoms with Crippen LogP contribution >= 0.6 is 0 Å². The molecule has 1 aliphatic carbocycles. The Morgan fingerprint density at radius 1 is 1.19 bits per heavy atom. The summed E-state index contributed by atoms with van der Waals surface area (Å²) in [5, 5.41) is 9.19. The van der Waals surface area contributed by atoms with E-state index < -0.39 is 17.1 Å². The van der Waals surface area contributed by atoms with Crippen molar-refractivity contribution >= 4 is 34.4 Å². The highest BCUT2D eigenvalue weighted by Crippen LogP contribution is 2.43. The van der Waals surface area contributed by atoms with Gasteiger partial charge >= 0.3 is 5.97 Å². The summed E-state index contributed by atoms with van der Waals surface area (Å²) < 4.78 is 25.5. The zero-order chi connectivity index (χ0) is 18.8. The minimum absolute atomic E-state index is 0.145. The average molecular weight is 370 g/mol. The number of carboxylic acid groups (broad SMARTS) is 1. The first-order valence-electron chi connectivity index (χ1n) is 8.33. The minimum Gasteiger partial charge on any atom is -0.611 e. The van der Waals surface area contributed by atoms with E-state index in [4.69, 9.17) is 0 Å². The highest BCUT2D eigenvalue weighted by atomic mass is 32.2. The van der Waals surface area contributed by atoms with Crippen LogP contribution in [0.25, 0.3) is 17.2 Å². The van der Waals surface area contributed by atoms with E-state index >= 15 is 0 Å². The second-order valence-corrected chi connectivity index (χ2v) is 7.87. The van der Waals surface area contributed by atoms with Crippen LogP contribution in [0, 0.1) is 5.82 Å². The second kappa shape index (κ2) is 7.48. The van der Waals surface area contributed by atoms with Gasteiger partial charge in [-0.2, -0.15) is 0 Å². The molecule has 0 bridgehead atoms. The molecule has 1 aliphatic rings. The van der Waals surface area contributed by atoms with Crippen molar-refractivity contribution in [3.63, 3.8) is 0 Å². The van der Waals surface area contributed by atoms with E-state index in [2.05, 4.69) is 0 Å². The Morgan fingerprint density at radius 2 is 1.88 bits per heavy atom. The Balaban J connectivity index is 2.05. The van der Waals surface area contributed by atoms with Gasteiger partial charge in [-0.1, -0.05) is 6.07 Å². The highest BCUT2D eigenvalue weighted by Gasteiger charge is 2.25. The summed E-state index contributed by atoms with van der Waals surface area (Å²) in [6.45, 7) is 3.74. The summed E-state index contributed by atoms with van der Waals surface area (Å²) in [6, 6.07) is 11.9. The van der Waals surface area contributed by atoms with Crippen molar-refractivity contribution in [2.24, 2.45) is 0 Å². The molecule has 0 heterocycles. The molecule has 3 rings (SSSR count). The van der Waals surface area contributed by atoms with E-state index in [1.807, 2.05) is 44.2 Å². The fourth-order valence-electron chi connectivity index (χ4n) is 3.18. The normalized spacial score (nSPS) is 16.1. The number of hydrogen-bond donors (Lipinski definition) is 1. The lowest BCUT2D eigenvalue weighted by molar-refractivity contribution is -0.135. The maximum Gasteiger partial charge on any atom is 0.307 e. The van der Waals surface area contributed by atoms with Gasteiger partial charge in [0.2, 0.25) is 0 Å². The van der Waals surface area contributed by atoms with E-state index in [-0.39, 0.29) is 12.2 Å². The van der Waals surface area contributed by atoms with Crippen molar-refractivity contribution in [1.29, 1.82) is 0 Å². The Kier molecular flexibility index (Phi) is 5.30. The lowest BCUT2D eigenvalue weighted by Crippen LogP contribution is -2.03. The number of carbonyl (C=O) groups is 1. The molecule has 0 aromatic heterocycles. The Labute approximate surface area is 155 Å². The first-order chi connectivity index (χ1) is 12.4. The van der Waals surface area contributed by atoms with Crippen molar-refractivity contribution in [2.45, 2.75) is 25.2 Å². The SMILES string of the molecule is CC[S+]([O-])c1ccc(/C=C2/C(C)=C(CC(=O)O)c3cc(F)ccc32)cc1. The van der Waals surface area contributed by atoms with Gasteiger partial charge in [0.25, 0.3) is 0 Å². The third-order valence-corrected chi connectivity index (χ3v) is 5.82. The van der Waals surface area contributed by atoms with Crippen molar-refractivity contribution in [3.05, 3.63) is 70.5 Å². The van der Waals surface area contributed by atoms with Gasteiger partial charge in [0.05, 0.1) is 6.42 Å². The van der Waals surface area contributed by atoms with Gasteiger partial charge in [0.1, 0.15) is 11.6 Å². The lowest BCUT2D eigenvalue weighted by Gasteiger charge is -2.08. The number of allylic oxidation sites excluding steroid dienone is 2. The molecule has 1 N–H and O–H groups in total. The molecule has 1 unspecified atom stereocenters. The van der Waals surface area contributed by atoms with Crippen LogP contribution in [0.5, 0.6) is 0 Å². The van der Waals surface area contributed by atoms with E-state index in [1.165, 1.54) is 12.1 Å². The third-order valence-electron chi connectivity index (χ3n) is 4.50. The number of benzene rings is 2. The minimum atomic E-state index is -0.998. The molecule has 5 heteroatoms. The van der Waals surface area contributed by atoms with Crippen LogP contribution in [0.2, 0.25) is 0 Å². The molecule has 0 aliphatic heterocycles. The zero-order valence-electron chi connectivity index (χ0n) is 14.6. The number of rotatable bonds is 5. The monoisotopic (exact) mass is 370 g/mol. The summed E-state index contributed by atoms with van der Waals surface area (Å²) in [5.41, 5.74) is 4.76. The van der Waals surface area contributed by atoms with E-state index in [1.54, 1.807) is 6.07 Å². The van der Waals surface area contributed by atoms with Crippen molar-refractivity contribution in [2.75, 3.05) is 5.75 Å². The summed E-state index contributed by atoms with van der Waals surface area (Å²) in [7, 11) is 0. The van der Waals surface area contributed by atoms with Gasteiger partial charge in [0, 0.05) is 0 Å². The summed E-state index contributed by atoms with van der Waals surface area (Å²) >= 11 is -0.998. The number of carboxylic acids is 1. The molecular formula is C21H19FO3S. The smallest absolute Gasteiger partial charge is 0.307 e. The van der Waals surface area contributed by atoms with Gasteiger partial charge < -0.3 is 9.66 Å². The van der Waals surface area contributed by atoms with Crippen LogP contribution in [0.4, 0.5) is 4.39 Å². The molecule has 0 spiro atoms. The van der Waals surface area contributed by atoms with Crippen molar-refractivity contribution < 1.29 is 18.8 Å². The molecule has 0 saturated carbocycles. The molecule has 1 atom stereocenters. The van der Waals surface area contributed by atoms with Gasteiger partial charge in [-0.25, -0.2) is 4.39 Å². The van der Waals surface area contributed by atoms with Gasteiger partial charge in [-0.15, -0.1) is 0 Å². The van der Waals surface area contributed by atoms with E-state index in [9.17, 15) is 18.8 Å². The van der Waals surface area contributed by atoms with Gasteiger partial charge in [0.15, 0.2) is 4.90 Å². The predicted octanol–water partition coefficient (Wildman–Crippen LogP) is 4.76. The molecule has 0 radical (unpaired) electrons. The Bertz CT molecular complexity index is 913. The Hall–Kier alpha value is -2.37. The maximum atomic E-state index is 13.7. The summed E-state index contributed by atoms with van der Waals surface area (Å²) in [6.07, 6.45) is 1.81. The first-order valence-corrected chi connectivity index (χ1v) is 9.65. The fraction of sp³-hybridized carbons (Fsp3) is 0.190. The van der Waals surface area contributed by atoms with Gasteiger partial charge in [-0.05, 0) is 101 Å². The quantitative estimate of drug-likeness (QED) is 0.772. The third kappa shape index (κ3) is 3.59. The molecule has 2 aromatic rings. The van der Waals surface area contributed by atoms with Crippen LogP contribution in [-0.4, -0.2) is 21.4 Å². The number of hydrogen-bond acceptors (Lipinski definition) is 2. The molecule has 2 aromatic carbocycles. The number of halogens is 1. The Morgan fingerprint density at radius 3 is 2.50 bits per heavy atom. The second-order valence-electron chi connectivity index (χ2n) is 6.13. The maximum absolute atomic E-state index is 13.7. The topological polar surface area (TPSA) is 60.4 Å². The first kappa shape index (κ1) is 18.4. The van der Waals surface area contributed by atoms with Crippen LogP contribution < -0.4 is 0 Å². The van der Waals surface area contributed by atoms with E-state index in [0.717, 1.165) is 27.2 Å². The lowest BCUT2D eigenvalue weighted by atomic mass is 10.0.